The molecule has 0 spiro atoms. The van der Waals surface area contributed by atoms with Crippen LogP contribution in [0.25, 0.3) is 0 Å². The third-order valence-electron chi connectivity index (χ3n) is 4.47. The molecular weight excluding hydrogens is 349 g/mol. The number of carbonyl (C=O) groups is 1. The van der Waals surface area contributed by atoms with E-state index < -0.39 is 0 Å². The fraction of sp³-hybridized carbons (Fsp3) is 0.650. The summed E-state index contributed by atoms with van der Waals surface area (Å²) >= 11 is 1.78. The second kappa shape index (κ2) is 9.72. The number of likely N-dealkylation sites (tertiary alicyclic amines) is 1. The van der Waals surface area contributed by atoms with E-state index in [2.05, 4.69) is 35.7 Å². The molecule has 1 aliphatic heterocycles. The van der Waals surface area contributed by atoms with Crippen LogP contribution in [0.3, 0.4) is 0 Å². The Balaban J connectivity index is 1.65. The first-order chi connectivity index (χ1) is 12.2. The molecule has 0 radical (unpaired) electrons. The number of rotatable bonds is 7. The molecular formula is C20H32FN3OS. The molecule has 146 valence electrons. The van der Waals surface area contributed by atoms with Gasteiger partial charge in [-0.25, -0.2) is 4.39 Å². The van der Waals surface area contributed by atoms with Gasteiger partial charge in [-0.05, 0) is 83.3 Å². The number of benzene rings is 1. The van der Waals surface area contributed by atoms with Crippen LogP contribution in [0.15, 0.2) is 18.2 Å². The highest BCUT2D eigenvalue weighted by atomic mass is 32.2. The van der Waals surface area contributed by atoms with Crippen molar-refractivity contribution in [3.8, 4) is 0 Å². The lowest BCUT2D eigenvalue weighted by Crippen LogP contribution is -2.41. The maximum Gasteiger partial charge on any atom is 0.251 e. The fourth-order valence-corrected chi connectivity index (χ4v) is 3.72. The van der Waals surface area contributed by atoms with E-state index in [-0.39, 0.29) is 16.5 Å². The van der Waals surface area contributed by atoms with Crippen molar-refractivity contribution in [1.29, 1.82) is 0 Å². The smallest absolute Gasteiger partial charge is 0.251 e. The molecule has 26 heavy (non-hydrogen) atoms. The molecule has 1 amide bonds. The van der Waals surface area contributed by atoms with Crippen molar-refractivity contribution >= 4 is 17.9 Å². The van der Waals surface area contributed by atoms with E-state index in [0.29, 0.717) is 18.0 Å². The van der Waals surface area contributed by atoms with Gasteiger partial charge in [-0.15, -0.1) is 0 Å². The summed E-state index contributed by atoms with van der Waals surface area (Å²) in [5.41, 5.74) is 1.17. The van der Waals surface area contributed by atoms with E-state index in [1.54, 1.807) is 24.9 Å². The van der Waals surface area contributed by atoms with Crippen LogP contribution in [0.4, 0.5) is 4.39 Å². The molecule has 1 aromatic rings. The van der Waals surface area contributed by atoms with Crippen LogP contribution in [0, 0.1) is 18.7 Å². The van der Waals surface area contributed by atoms with Crippen molar-refractivity contribution in [2.75, 3.05) is 32.7 Å². The Hall–Kier alpha value is -1.11. The third-order valence-corrected chi connectivity index (χ3v) is 5.43. The van der Waals surface area contributed by atoms with Crippen LogP contribution in [0.5, 0.6) is 0 Å². The lowest BCUT2D eigenvalue weighted by Gasteiger charge is -2.32. The van der Waals surface area contributed by atoms with Gasteiger partial charge in [0.15, 0.2) is 0 Å². The van der Waals surface area contributed by atoms with E-state index >= 15 is 0 Å². The summed E-state index contributed by atoms with van der Waals surface area (Å²) in [6.45, 7) is 13.3. The molecule has 0 aromatic heterocycles. The van der Waals surface area contributed by atoms with Crippen LogP contribution < -0.4 is 10.0 Å². The number of halogens is 1. The summed E-state index contributed by atoms with van der Waals surface area (Å²) in [6, 6.07) is 4.46. The van der Waals surface area contributed by atoms with Gasteiger partial charge < -0.3 is 10.2 Å². The fourth-order valence-electron chi connectivity index (χ4n) is 3.09. The lowest BCUT2D eigenvalue weighted by atomic mass is 9.96. The number of hydrogen-bond acceptors (Lipinski definition) is 4. The zero-order valence-electron chi connectivity index (χ0n) is 16.4. The maximum absolute atomic E-state index is 13.4. The van der Waals surface area contributed by atoms with Gasteiger partial charge in [0.25, 0.3) is 5.91 Å². The minimum absolute atomic E-state index is 0.182. The van der Waals surface area contributed by atoms with Crippen molar-refractivity contribution in [2.45, 2.75) is 45.3 Å². The summed E-state index contributed by atoms with van der Waals surface area (Å²) in [4.78, 5) is 14.7. The molecule has 1 aromatic carbocycles. The van der Waals surface area contributed by atoms with Crippen LogP contribution in [-0.2, 0) is 0 Å². The summed E-state index contributed by atoms with van der Waals surface area (Å²) < 4.78 is 17.1. The van der Waals surface area contributed by atoms with E-state index in [0.717, 1.165) is 44.6 Å². The normalized spacial score (nSPS) is 16.7. The van der Waals surface area contributed by atoms with Crippen LogP contribution >= 0.6 is 11.9 Å². The van der Waals surface area contributed by atoms with Crippen molar-refractivity contribution in [3.63, 3.8) is 0 Å². The topological polar surface area (TPSA) is 44.4 Å². The number of aryl methyl sites for hydroxylation is 1. The second-order valence-electron chi connectivity index (χ2n) is 8.12. The molecule has 0 saturated carbocycles. The van der Waals surface area contributed by atoms with Crippen molar-refractivity contribution in [2.24, 2.45) is 5.92 Å². The SMILES string of the molecule is Cc1cc(F)cc(C(=O)NCC2CCN(CCNSC(C)(C)C)CC2)c1. The first kappa shape index (κ1) is 21.2. The van der Waals surface area contributed by atoms with Crippen molar-refractivity contribution in [3.05, 3.63) is 35.1 Å². The molecule has 0 atom stereocenters. The average molecular weight is 382 g/mol. The van der Waals surface area contributed by atoms with Crippen molar-refractivity contribution in [1.82, 2.24) is 14.9 Å². The molecule has 1 aliphatic rings. The standard InChI is InChI=1S/C20H32FN3OS/c1-15-11-17(13-18(21)12-15)19(25)22-14-16-5-8-24(9-6-16)10-7-23-26-20(2,3)4/h11-13,16,23H,5-10,14H2,1-4H3,(H,22,25). The number of piperidine rings is 1. The number of nitrogens with zero attached hydrogens (tertiary/aromatic N) is 1. The third kappa shape index (κ3) is 7.64. The number of nitrogens with one attached hydrogen (secondary N) is 2. The Bertz CT molecular complexity index is 575. The molecule has 2 rings (SSSR count). The Morgan fingerprint density at radius 3 is 2.58 bits per heavy atom. The Morgan fingerprint density at radius 2 is 1.96 bits per heavy atom. The van der Waals surface area contributed by atoms with Crippen LogP contribution in [-0.4, -0.2) is 48.3 Å². The Labute approximate surface area is 161 Å². The Morgan fingerprint density at radius 1 is 1.27 bits per heavy atom. The first-order valence-corrected chi connectivity index (χ1v) is 10.2. The minimum atomic E-state index is -0.360. The number of hydrogen-bond donors (Lipinski definition) is 2. The second-order valence-corrected chi connectivity index (χ2v) is 9.84. The monoisotopic (exact) mass is 381 g/mol. The van der Waals surface area contributed by atoms with E-state index in [1.807, 2.05) is 0 Å². The molecule has 0 aliphatic carbocycles. The number of amides is 1. The molecule has 1 heterocycles. The molecule has 1 fully saturated rings. The quantitative estimate of drug-likeness (QED) is 0.559. The largest absolute Gasteiger partial charge is 0.352 e. The first-order valence-electron chi connectivity index (χ1n) is 9.41. The summed E-state index contributed by atoms with van der Waals surface area (Å²) in [7, 11) is 0. The van der Waals surface area contributed by atoms with Gasteiger partial charge in [0.2, 0.25) is 0 Å². The molecule has 6 heteroatoms. The van der Waals surface area contributed by atoms with Gasteiger partial charge in [-0.1, -0.05) is 11.9 Å². The maximum atomic E-state index is 13.4. The number of carbonyl (C=O) groups excluding carboxylic acids is 1. The van der Waals surface area contributed by atoms with E-state index in [4.69, 9.17) is 0 Å². The molecule has 2 N–H and O–H groups in total. The minimum Gasteiger partial charge on any atom is -0.352 e. The van der Waals surface area contributed by atoms with Crippen LogP contribution in [0.1, 0.15) is 49.5 Å². The van der Waals surface area contributed by atoms with Gasteiger partial charge in [0, 0.05) is 29.9 Å². The van der Waals surface area contributed by atoms with Crippen molar-refractivity contribution < 1.29 is 9.18 Å². The summed E-state index contributed by atoms with van der Waals surface area (Å²) in [5, 5.41) is 2.97. The average Bonchev–Trinajstić information content (AvgIpc) is 2.56. The van der Waals surface area contributed by atoms with Gasteiger partial charge in [0.05, 0.1) is 0 Å². The molecule has 0 bridgehead atoms. The highest BCUT2D eigenvalue weighted by Crippen LogP contribution is 2.20. The van der Waals surface area contributed by atoms with Crippen LogP contribution in [0.2, 0.25) is 0 Å². The predicted molar refractivity (Wildman–Crippen MR) is 108 cm³/mol. The molecule has 0 unspecified atom stereocenters. The van der Waals surface area contributed by atoms with Gasteiger partial charge in [-0.2, -0.15) is 0 Å². The van der Waals surface area contributed by atoms with Gasteiger partial charge >= 0.3 is 0 Å². The summed E-state index contributed by atoms with van der Waals surface area (Å²) in [6.07, 6.45) is 2.18. The zero-order chi connectivity index (χ0) is 19.2. The highest BCUT2D eigenvalue weighted by molar-refractivity contribution is 7.98. The van der Waals surface area contributed by atoms with E-state index in [1.165, 1.54) is 12.1 Å². The van der Waals surface area contributed by atoms with Gasteiger partial charge in [-0.3, -0.25) is 9.52 Å². The zero-order valence-corrected chi connectivity index (χ0v) is 17.2. The lowest BCUT2D eigenvalue weighted by molar-refractivity contribution is 0.0936. The highest BCUT2D eigenvalue weighted by Gasteiger charge is 2.20. The van der Waals surface area contributed by atoms with Gasteiger partial charge in [0.1, 0.15) is 5.82 Å². The Kier molecular flexibility index (Phi) is 7.92. The molecule has 4 nitrogen and oxygen atoms in total. The van der Waals surface area contributed by atoms with E-state index in [9.17, 15) is 9.18 Å². The summed E-state index contributed by atoms with van der Waals surface area (Å²) in [5.74, 6) is -0.0399. The molecule has 1 saturated heterocycles. The predicted octanol–water partition coefficient (Wildman–Crippen LogP) is 3.61.